The first-order chi connectivity index (χ1) is 2.27. The van der Waals surface area contributed by atoms with Crippen molar-refractivity contribution in [2.45, 2.75) is 5.28 Å². The molecule has 3 heteroatoms. The van der Waals surface area contributed by atoms with Gasteiger partial charge in [0.15, 0.2) is 0 Å². The molecule has 0 unspecified atom stereocenters. The molecule has 0 saturated carbocycles. The molecular formula is C2H2ClCrO. The van der Waals surface area contributed by atoms with Crippen molar-refractivity contribution >= 4 is 16.8 Å². The molecule has 0 aromatic rings. The molecule has 29 valence electrons. The molecule has 0 fully saturated rings. The van der Waals surface area contributed by atoms with Crippen molar-refractivity contribution in [1.29, 1.82) is 0 Å². The summed E-state index contributed by atoms with van der Waals surface area (Å²) < 4.78 is 0. The quantitative estimate of drug-likeness (QED) is 0.477. The van der Waals surface area contributed by atoms with Gasteiger partial charge < -0.3 is 0 Å². The summed E-state index contributed by atoms with van der Waals surface area (Å²) in [4.78, 5) is 9.55. The number of carbonyl (C=O) groups is 1. The van der Waals surface area contributed by atoms with E-state index in [2.05, 4.69) is 16.3 Å². The summed E-state index contributed by atoms with van der Waals surface area (Å²) in [5.74, 6) is 0. The van der Waals surface area contributed by atoms with Gasteiger partial charge in [-0.15, -0.1) is 0 Å². The zero-order chi connectivity index (χ0) is 4.28. The third kappa shape index (κ3) is 4.49. The third-order valence-electron chi connectivity index (χ3n) is 0.113. The van der Waals surface area contributed by atoms with E-state index in [0.29, 0.717) is 5.28 Å². The standard InChI is InChI=1S/C2H2ClO.Cr/c1-2(3)4;/h1H2;. The van der Waals surface area contributed by atoms with Gasteiger partial charge in [-0.3, -0.25) is 0 Å². The van der Waals surface area contributed by atoms with E-state index in [9.17, 15) is 4.79 Å². The Labute approximate surface area is 43.7 Å². The van der Waals surface area contributed by atoms with Crippen LogP contribution in [0.3, 0.4) is 0 Å². The Hall–Kier alpha value is 0.492. The minimum atomic E-state index is -0.329. The monoisotopic (exact) mass is 129 g/mol. The van der Waals surface area contributed by atoms with Crippen LogP contribution >= 0.6 is 11.6 Å². The van der Waals surface area contributed by atoms with E-state index in [4.69, 9.17) is 11.6 Å². The van der Waals surface area contributed by atoms with Crippen LogP contribution in [0.5, 0.6) is 0 Å². The summed E-state index contributed by atoms with van der Waals surface area (Å²) >= 11 is 7.25. The van der Waals surface area contributed by atoms with E-state index in [-0.39, 0.29) is 5.24 Å². The SMILES string of the molecule is O=C(Cl)[CH2][Cr]. The Balaban J connectivity index is 2.85. The van der Waals surface area contributed by atoms with E-state index in [0.717, 1.165) is 0 Å². The van der Waals surface area contributed by atoms with Crippen molar-refractivity contribution in [2.24, 2.45) is 0 Å². The summed E-state index contributed by atoms with van der Waals surface area (Å²) in [6.07, 6.45) is 0. The predicted molar refractivity (Wildman–Crippen MR) is 15.7 cm³/mol. The topological polar surface area (TPSA) is 17.1 Å². The molecule has 0 atom stereocenters. The van der Waals surface area contributed by atoms with E-state index in [1.54, 1.807) is 0 Å². The molecule has 1 nitrogen and oxygen atoms in total. The van der Waals surface area contributed by atoms with Gasteiger partial charge in [0.2, 0.25) is 0 Å². The Bertz CT molecular complexity index is 44.9. The fourth-order valence-electron chi connectivity index (χ4n) is 0. The minimum absolute atomic E-state index is 0.307. The van der Waals surface area contributed by atoms with Crippen molar-refractivity contribution in [3.63, 3.8) is 0 Å². The zero-order valence-electron chi connectivity index (χ0n) is 2.40. The number of hydrogen-bond acceptors (Lipinski definition) is 1. The van der Waals surface area contributed by atoms with Crippen LogP contribution in [0.25, 0.3) is 0 Å². The van der Waals surface area contributed by atoms with Crippen molar-refractivity contribution in [3.8, 4) is 0 Å². The summed E-state index contributed by atoms with van der Waals surface area (Å²) in [6.45, 7) is 0. The summed E-state index contributed by atoms with van der Waals surface area (Å²) in [6, 6.07) is 0. The zero-order valence-corrected chi connectivity index (χ0v) is 4.43. The molecule has 0 heterocycles. The molecule has 0 aromatic heterocycles. The first-order valence-corrected chi connectivity index (χ1v) is 2.31. The second kappa shape index (κ2) is 2.72. The van der Waals surface area contributed by atoms with Crippen LogP contribution in [0.4, 0.5) is 0 Å². The van der Waals surface area contributed by atoms with Crippen molar-refractivity contribution in [1.82, 2.24) is 0 Å². The van der Waals surface area contributed by atoms with Crippen LogP contribution in [0.15, 0.2) is 0 Å². The normalized spacial score (nSPS) is 7.40. The van der Waals surface area contributed by atoms with E-state index >= 15 is 0 Å². The molecule has 0 aliphatic heterocycles. The van der Waals surface area contributed by atoms with Crippen LogP contribution < -0.4 is 0 Å². The average molecular weight is 129 g/mol. The fraction of sp³-hybridized carbons (Fsp3) is 0.500. The Morgan fingerprint density at radius 3 is 2.20 bits per heavy atom. The third-order valence-corrected chi connectivity index (χ3v) is 0.918. The molecule has 5 heavy (non-hydrogen) atoms. The van der Waals surface area contributed by atoms with Crippen LogP contribution in [-0.4, -0.2) is 5.24 Å². The van der Waals surface area contributed by atoms with Crippen molar-refractivity contribution < 1.29 is 21.1 Å². The van der Waals surface area contributed by atoms with Crippen LogP contribution in [0, 0.1) is 0 Å². The van der Waals surface area contributed by atoms with Gasteiger partial charge in [0.25, 0.3) is 0 Å². The van der Waals surface area contributed by atoms with Gasteiger partial charge in [0.05, 0.1) is 0 Å². The molecule has 0 amide bonds. The molecule has 0 spiro atoms. The maximum absolute atomic E-state index is 9.55. The van der Waals surface area contributed by atoms with Crippen molar-refractivity contribution in [2.75, 3.05) is 0 Å². The Morgan fingerprint density at radius 1 is 2.00 bits per heavy atom. The molecule has 0 saturated heterocycles. The fourth-order valence-corrected chi connectivity index (χ4v) is 0. The summed E-state index contributed by atoms with van der Waals surface area (Å²) in [7, 11) is 0. The van der Waals surface area contributed by atoms with Gasteiger partial charge in [0, 0.05) is 0 Å². The molecule has 0 aliphatic carbocycles. The number of hydrogen-bond donors (Lipinski definition) is 0. The molecule has 0 N–H and O–H groups in total. The van der Waals surface area contributed by atoms with Gasteiger partial charge in [-0.05, 0) is 0 Å². The maximum atomic E-state index is 9.55. The Kier molecular flexibility index (Phi) is 2.98. The number of rotatable bonds is 1. The number of halogens is 1. The molecule has 0 radical (unpaired) electrons. The van der Waals surface area contributed by atoms with E-state index in [1.807, 2.05) is 0 Å². The first kappa shape index (κ1) is 5.49. The van der Waals surface area contributed by atoms with Gasteiger partial charge in [-0.2, -0.15) is 0 Å². The van der Waals surface area contributed by atoms with Gasteiger partial charge in [-0.25, -0.2) is 0 Å². The summed E-state index contributed by atoms with van der Waals surface area (Å²) in [5, 5.41) is -0.0216. The second-order valence-electron chi connectivity index (χ2n) is 0.499. The summed E-state index contributed by atoms with van der Waals surface area (Å²) in [5.41, 5.74) is 0. The number of carbonyl (C=O) groups excluding carboxylic acids is 1. The van der Waals surface area contributed by atoms with Gasteiger partial charge in [-0.1, -0.05) is 0 Å². The van der Waals surface area contributed by atoms with Crippen LogP contribution in [0.2, 0.25) is 5.28 Å². The van der Waals surface area contributed by atoms with Crippen molar-refractivity contribution in [3.05, 3.63) is 0 Å². The second-order valence-corrected chi connectivity index (χ2v) is 1.37. The first-order valence-electron chi connectivity index (χ1n) is 1.04. The molecule has 0 aromatic carbocycles. The van der Waals surface area contributed by atoms with Crippen LogP contribution in [-0.2, 0) is 21.1 Å². The molecule has 0 bridgehead atoms. The predicted octanol–water partition coefficient (Wildman–Crippen LogP) is 0.717. The Morgan fingerprint density at radius 2 is 2.20 bits per heavy atom. The van der Waals surface area contributed by atoms with Crippen LogP contribution in [0.1, 0.15) is 0 Å². The van der Waals surface area contributed by atoms with Gasteiger partial charge >= 0.3 is 43.2 Å². The van der Waals surface area contributed by atoms with E-state index < -0.39 is 0 Å². The molecular weight excluding hydrogens is 127 g/mol. The average Bonchev–Trinajstić information content (AvgIpc) is 1.38. The van der Waals surface area contributed by atoms with E-state index in [1.165, 1.54) is 0 Å². The molecule has 0 rings (SSSR count). The molecule has 0 aliphatic rings. The van der Waals surface area contributed by atoms with Gasteiger partial charge in [0.1, 0.15) is 0 Å².